The number of aryl methyl sites for hydroxylation is 2. The highest BCUT2D eigenvalue weighted by Gasteiger charge is 2.30. The predicted octanol–water partition coefficient (Wildman–Crippen LogP) is 3.01. The van der Waals surface area contributed by atoms with Crippen molar-refractivity contribution in [2.24, 2.45) is 0 Å². The van der Waals surface area contributed by atoms with E-state index in [-0.39, 0.29) is 16.7 Å². The smallest absolute Gasteiger partial charge is 0.346 e. The van der Waals surface area contributed by atoms with Crippen LogP contribution in [0.15, 0.2) is 35.1 Å². The summed E-state index contributed by atoms with van der Waals surface area (Å²) in [6.07, 6.45) is -0.0381. The Morgan fingerprint density at radius 3 is 2.47 bits per heavy atom. The molecule has 0 saturated carbocycles. The van der Waals surface area contributed by atoms with Gasteiger partial charge in [0.25, 0.3) is 5.56 Å². The fraction of sp³-hybridized carbons (Fsp3) is 0.286. The maximum Gasteiger partial charge on any atom is 0.346 e. The summed E-state index contributed by atoms with van der Waals surface area (Å²) in [5.41, 5.74) is 0.0883. The molecule has 1 N–H and O–H groups in total. The summed E-state index contributed by atoms with van der Waals surface area (Å²) in [6, 6.07) is 7.18. The molecule has 0 aliphatic rings. The summed E-state index contributed by atoms with van der Waals surface area (Å²) in [5.74, 6) is -1.92. The number of carbonyl (C=O) groups excluding carboxylic acids is 2. The molecule has 0 radical (unpaired) electrons. The lowest BCUT2D eigenvalue weighted by Crippen LogP contribution is -2.35. The highest BCUT2D eigenvalue weighted by molar-refractivity contribution is 7.20. The van der Waals surface area contributed by atoms with Crippen molar-refractivity contribution in [1.29, 1.82) is 0 Å². The Labute approximate surface area is 175 Å². The Hall–Kier alpha value is -3.33. The third-order valence-corrected chi connectivity index (χ3v) is 6.01. The highest BCUT2D eigenvalue weighted by Crippen LogP contribution is 2.29. The topological polar surface area (TPSA) is 116 Å². The molecule has 1 unspecified atom stereocenters. The number of carboxylic acids is 1. The molecule has 0 aliphatic heterocycles. The number of carbonyl (C=O) groups is 3. The van der Waals surface area contributed by atoms with Crippen LogP contribution in [0.4, 0.5) is 0 Å². The first-order chi connectivity index (χ1) is 14.3. The van der Waals surface area contributed by atoms with E-state index in [1.165, 1.54) is 18.6 Å². The van der Waals surface area contributed by atoms with Crippen LogP contribution in [0.25, 0.3) is 10.2 Å². The fourth-order valence-corrected chi connectivity index (χ4v) is 4.38. The lowest BCUT2D eigenvalue weighted by atomic mass is 10.0. The van der Waals surface area contributed by atoms with Gasteiger partial charge in [-0.3, -0.25) is 19.0 Å². The van der Waals surface area contributed by atoms with Gasteiger partial charge >= 0.3 is 11.9 Å². The number of benzene rings is 1. The second-order valence-electron chi connectivity index (χ2n) is 6.62. The van der Waals surface area contributed by atoms with Crippen molar-refractivity contribution in [2.45, 2.75) is 32.7 Å². The van der Waals surface area contributed by atoms with Gasteiger partial charge in [0.15, 0.2) is 5.78 Å². The third-order valence-electron chi connectivity index (χ3n) is 4.84. The standard InChI is InChI=1S/C21H20N2O6S/c1-4-14-22-19-16(11(2)18(30-19)21(27)28)20(26)23(14)13(10-15(24)29-3)17(25)12-8-6-5-7-9-12/h5-9,13H,4,10H2,1-3H3,(H,27,28). The largest absolute Gasteiger partial charge is 0.477 e. The molecule has 1 aromatic carbocycles. The van der Waals surface area contributed by atoms with Crippen LogP contribution in [0.3, 0.4) is 0 Å². The number of aromatic carboxylic acids is 1. The van der Waals surface area contributed by atoms with E-state index in [1.54, 1.807) is 37.3 Å². The minimum Gasteiger partial charge on any atom is -0.477 e. The Morgan fingerprint density at radius 2 is 1.90 bits per heavy atom. The van der Waals surface area contributed by atoms with Crippen molar-refractivity contribution in [3.05, 3.63) is 62.5 Å². The SMILES string of the molecule is CCc1nc2sc(C(=O)O)c(C)c2c(=O)n1C(CC(=O)OC)C(=O)c1ccccc1. The van der Waals surface area contributed by atoms with Gasteiger partial charge in [0.05, 0.1) is 18.9 Å². The second-order valence-corrected chi connectivity index (χ2v) is 7.62. The molecule has 0 saturated heterocycles. The van der Waals surface area contributed by atoms with Crippen LogP contribution >= 0.6 is 11.3 Å². The Morgan fingerprint density at radius 1 is 1.23 bits per heavy atom. The molecule has 2 heterocycles. The summed E-state index contributed by atoms with van der Waals surface area (Å²) in [5, 5.41) is 9.55. The van der Waals surface area contributed by atoms with E-state index in [2.05, 4.69) is 4.98 Å². The number of hydrogen-bond acceptors (Lipinski definition) is 7. The Kier molecular flexibility index (Phi) is 6.12. The molecule has 0 amide bonds. The molecule has 156 valence electrons. The van der Waals surface area contributed by atoms with Crippen LogP contribution in [0.1, 0.15) is 50.8 Å². The highest BCUT2D eigenvalue weighted by atomic mass is 32.1. The molecule has 30 heavy (non-hydrogen) atoms. The zero-order valence-corrected chi connectivity index (χ0v) is 17.5. The molecule has 0 spiro atoms. The fourth-order valence-electron chi connectivity index (χ4n) is 3.35. The number of methoxy groups -OCH3 is 1. The van der Waals surface area contributed by atoms with Crippen LogP contribution < -0.4 is 5.56 Å². The molecule has 0 bridgehead atoms. The zero-order chi connectivity index (χ0) is 22.0. The molecular weight excluding hydrogens is 408 g/mol. The first-order valence-corrected chi connectivity index (χ1v) is 10.1. The van der Waals surface area contributed by atoms with Crippen molar-refractivity contribution in [3.63, 3.8) is 0 Å². The van der Waals surface area contributed by atoms with Gasteiger partial charge in [-0.25, -0.2) is 9.78 Å². The minimum atomic E-state index is -1.16. The normalized spacial score (nSPS) is 12.0. The van der Waals surface area contributed by atoms with E-state index in [4.69, 9.17) is 4.74 Å². The average Bonchev–Trinajstić information content (AvgIpc) is 3.09. The average molecular weight is 428 g/mol. The quantitative estimate of drug-likeness (QED) is 0.454. The molecule has 1 atom stereocenters. The summed E-state index contributed by atoms with van der Waals surface area (Å²) in [7, 11) is 1.21. The van der Waals surface area contributed by atoms with Crippen molar-refractivity contribution in [2.75, 3.05) is 7.11 Å². The molecule has 3 aromatic rings. The Bertz CT molecular complexity index is 1200. The van der Waals surface area contributed by atoms with Crippen molar-refractivity contribution >= 4 is 39.3 Å². The van der Waals surface area contributed by atoms with Crippen molar-refractivity contribution in [3.8, 4) is 0 Å². The van der Waals surface area contributed by atoms with Crippen molar-refractivity contribution < 1.29 is 24.2 Å². The number of carboxylic acid groups (broad SMARTS) is 1. The molecule has 9 heteroatoms. The predicted molar refractivity (Wildman–Crippen MR) is 111 cm³/mol. The number of Topliss-reactive ketones (excluding diaryl/α,β-unsaturated/α-hetero) is 1. The number of nitrogens with zero attached hydrogens (tertiary/aromatic N) is 2. The van der Waals surface area contributed by atoms with Crippen LogP contribution in [0.2, 0.25) is 0 Å². The molecule has 0 fully saturated rings. The lowest BCUT2D eigenvalue weighted by Gasteiger charge is -2.21. The van der Waals surface area contributed by atoms with E-state index in [9.17, 15) is 24.3 Å². The van der Waals surface area contributed by atoms with E-state index in [1.807, 2.05) is 0 Å². The number of thiophene rings is 1. The molecule has 3 rings (SSSR count). The zero-order valence-electron chi connectivity index (χ0n) is 16.7. The molecule has 8 nitrogen and oxygen atoms in total. The summed E-state index contributed by atoms with van der Waals surface area (Å²) < 4.78 is 5.95. The number of fused-ring (bicyclic) bond motifs is 1. The van der Waals surface area contributed by atoms with E-state index >= 15 is 0 Å². The molecular formula is C21H20N2O6S. The molecule has 0 aliphatic carbocycles. The first-order valence-electron chi connectivity index (χ1n) is 9.24. The van der Waals surface area contributed by atoms with Gasteiger partial charge in [-0.1, -0.05) is 37.3 Å². The van der Waals surface area contributed by atoms with E-state index in [0.29, 0.717) is 28.2 Å². The number of aromatic nitrogens is 2. The van der Waals surface area contributed by atoms with Crippen LogP contribution in [-0.4, -0.2) is 39.5 Å². The number of hydrogen-bond donors (Lipinski definition) is 1. The van der Waals surface area contributed by atoms with Gasteiger partial charge < -0.3 is 9.84 Å². The van der Waals surface area contributed by atoms with Crippen LogP contribution in [0.5, 0.6) is 0 Å². The summed E-state index contributed by atoms with van der Waals surface area (Å²) in [6.45, 7) is 3.31. The summed E-state index contributed by atoms with van der Waals surface area (Å²) in [4.78, 5) is 55.1. The number of esters is 1. The van der Waals surface area contributed by atoms with E-state index in [0.717, 1.165) is 11.3 Å². The maximum atomic E-state index is 13.4. The number of ether oxygens (including phenoxy) is 1. The maximum absolute atomic E-state index is 13.4. The van der Waals surface area contributed by atoms with Gasteiger partial charge in [0.2, 0.25) is 0 Å². The minimum absolute atomic E-state index is 0.0216. The van der Waals surface area contributed by atoms with Gasteiger partial charge in [0.1, 0.15) is 21.6 Å². The van der Waals surface area contributed by atoms with Gasteiger partial charge in [0, 0.05) is 12.0 Å². The van der Waals surface area contributed by atoms with Crippen molar-refractivity contribution in [1.82, 2.24) is 9.55 Å². The summed E-state index contributed by atoms with van der Waals surface area (Å²) >= 11 is 0.919. The number of ketones is 1. The van der Waals surface area contributed by atoms with Gasteiger partial charge in [-0.2, -0.15) is 0 Å². The second kappa shape index (κ2) is 8.58. The lowest BCUT2D eigenvalue weighted by molar-refractivity contribution is -0.141. The van der Waals surface area contributed by atoms with Gasteiger partial charge in [-0.05, 0) is 12.5 Å². The Balaban J connectivity index is 2.30. The molecule has 2 aromatic heterocycles. The van der Waals surface area contributed by atoms with Crippen LogP contribution in [-0.2, 0) is 16.0 Å². The number of rotatable bonds is 7. The van der Waals surface area contributed by atoms with Gasteiger partial charge in [-0.15, -0.1) is 11.3 Å². The monoisotopic (exact) mass is 428 g/mol. The first kappa shape index (κ1) is 21.4. The van der Waals surface area contributed by atoms with Crippen LogP contribution in [0, 0.1) is 6.92 Å². The third kappa shape index (κ3) is 3.76. The van der Waals surface area contributed by atoms with E-state index < -0.39 is 29.3 Å².